The van der Waals surface area contributed by atoms with Crippen LogP contribution in [0, 0.1) is 5.92 Å². The number of hydrogen-bond acceptors (Lipinski definition) is 3. The van der Waals surface area contributed by atoms with Gasteiger partial charge in [0.2, 0.25) is 5.66 Å². The van der Waals surface area contributed by atoms with Gasteiger partial charge in [0.25, 0.3) is 11.8 Å². The number of nitrogens with zero attached hydrogens (tertiary/aromatic N) is 1. The van der Waals surface area contributed by atoms with Crippen LogP contribution < -0.4 is 15.5 Å². The zero-order valence-corrected chi connectivity index (χ0v) is 15.6. The van der Waals surface area contributed by atoms with Crippen LogP contribution in [0.5, 0.6) is 0 Å². The van der Waals surface area contributed by atoms with E-state index in [2.05, 4.69) is 40.4 Å². The molecule has 4 rings (SSSR count). The Kier molecular flexibility index (Phi) is 3.61. The molecule has 1 spiro atoms. The summed E-state index contributed by atoms with van der Waals surface area (Å²) in [6.07, 6.45) is 0. The Hall–Kier alpha value is -2.34. The Morgan fingerprint density at radius 1 is 1.12 bits per heavy atom. The fourth-order valence-electron chi connectivity index (χ4n) is 3.52. The number of para-hydroxylation sites is 1. The molecule has 128 valence electrons. The van der Waals surface area contributed by atoms with Crippen LogP contribution in [-0.4, -0.2) is 18.4 Å². The van der Waals surface area contributed by atoms with Gasteiger partial charge in [0.15, 0.2) is 0 Å². The van der Waals surface area contributed by atoms with E-state index < -0.39 is 5.66 Å². The van der Waals surface area contributed by atoms with Crippen molar-refractivity contribution in [3.8, 4) is 0 Å². The van der Waals surface area contributed by atoms with Crippen molar-refractivity contribution in [2.75, 3.05) is 16.8 Å². The van der Waals surface area contributed by atoms with Gasteiger partial charge in [0, 0.05) is 22.3 Å². The summed E-state index contributed by atoms with van der Waals surface area (Å²) in [4.78, 5) is 27.8. The molecule has 5 nitrogen and oxygen atoms in total. The summed E-state index contributed by atoms with van der Waals surface area (Å²) >= 11 is 3.48. The van der Waals surface area contributed by atoms with Crippen molar-refractivity contribution in [2.45, 2.75) is 19.5 Å². The van der Waals surface area contributed by atoms with Crippen LogP contribution in [-0.2, 0) is 10.5 Å². The van der Waals surface area contributed by atoms with Gasteiger partial charge in [-0.15, -0.1) is 0 Å². The normalized spacial score (nSPS) is 21.2. The Morgan fingerprint density at radius 2 is 1.88 bits per heavy atom. The summed E-state index contributed by atoms with van der Waals surface area (Å²) < 4.78 is 0.861. The second-order valence-corrected chi connectivity index (χ2v) is 7.76. The SMILES string of the molecule is CC(C)CN1C(=O)[C@@]2(NC(=O)c3ccccc3N2)c2cc(Br)ccc21. The van der Waals surface area contributed by atoms with E-state index in [0.29, 0.717) is 23.7 Å². The molecule has 2 aliphatic heterocycles. The molecule has 0 unspecified atom stereocenters. The fraction of sp³-hybridized carbons (Fsp3) is 0.263. The first-order chi connectivity index (χ1) is 11.9. The lowest BCUT2D eigenvalue weighted by atomic mass is 9.95. The Labute approximate surface area is 154 Å². The van der Waals surface area contributed by atoms with Gasteiger partial charge >= 0.3 is 0 Å². The number of fused-ring (bicyclic) bond motifs is 3. The number of halogens is 1. The lowest BCUT2D eigenvalue weighted by molar-refractivity contribution is -0.123. The summed E-state index contributed by atoms with van der Waals surface area (Å²) in [5.41, 5.74) is 1.53. The minimum Gasteiger partial charge on any atom is -0.350 e. The number of amides is 2. The van der Waals surface area contributed by atoms with Gasteiger partial charge < -0.3 is 15.5 Å². The van der Waals surface area contributed by atoms with Gasteiger partial charge in [-0.1, -0.05) is 41.9 Å². The second kappa shape index (κ2) is 5.59. The van der Waals surface area contributed by atoms with Gasteiger partial charge in [-0.05, 0) is 36.2 Å². The Bertz CT molecular complexity index is 896. The molecule has 2 N–H and O–H groups in total. The highest BCUT2D eigenvalue weighted by molar-refractivity contribution is 9.10. The summed E-state index contributed by atoms with van der Waals surface area (Å²) in [7, 11) is 0. The van der Waals surface area contributed by atoms with Gasteiger partial charge in [-0.3, -0.25) is 9.59 Å². The van der Waals surface area contributed by atoms with E-state index >= 15 is 0 Å². The largest absolute Gasteiger partial charge is 0.350 e. The van der Waals surface area contributed by atoms with E-state index in [-0.39, 0.29) is 11.8 Å². The molecular formula is C19H18BrN3O2. The average molecular weight is 400 g/mol. The second-order valence-electron chi connectivity index (χ2n) is 6.85. The van der Waals surface area contributed by atoms with Crippen molar-refractivity contribution < 1.29 is 9.59 Å². The maximum absolute atomic E-state index is 13.4. The minimum absolute atomic E-state index is 0.155. The average Bonchev–Trinajstić information content (AvgIpc) is 2.77. The van der Waals surface area contributed by atoms with E-state index in [0.717, 1.165) is 15.7 Å². The van der Waals surface area contributed by atoms with Crippen LogP contribution in [0.15, 0.2) is 46.9 Å². The summed E-state index contributed by atoms with van der Waals surface area (Å²) in [6.45, 7) is 4.73. The molecule has 6 heteroatoms. The topological polar surface area (TPSA) is 61.4 Å². The fourth-order valence-corrected chi connectivity index (χ4v) is 3.88. The quantitative estimate of drug-likeness (QED) is 0.812. The number of benzene rings is 2. The van der Waals surface area contributed by atoms with E-state index in [1.165, 1.54) is 0 Å². The van der Waals surface area contributed by atoms with Crippen molar-refractivity contribution in [1.82, 2.24) is 5.32 Å². The predicted octanol–water partition coefficient (Wildman–Crippen LogP) is 3.46. The van der Waals surface area contributed by atoms with Crippen LogP contribution in [0.3, 0.4) is 0 Å². The predicted molar refractivity (Wildman–Crippen MR) is 101 cm³/mol. The van der Waals surface area contributed by atoms with E-state index in [9.17, 15) is 9.59 Å². The van der Waals surface area contributed by atoms with Crippen LogP contribution in [0.1, 0.15) is 29.8 Å². The molecule has 0 aromatic heterocycles. The molecule has 1 atom stereocenters. The smallest absolute Gasteiger partial charge is 0.278 e. The number of hydrogen-bond donors (Lipinski definition) is 2. The summed E-state index contributed by atoms with van der Waals surface area (Å²) in [5, 5.41) is 6.22. The highest BCUT2D eigenvalue weighted by Gasteiger charge is 2.54. The van der Waals surface area contributed by atoms with Gasteiger partial charge in [-0.2, -0.15) is 0 Å². The number of anilines is 2. The molecule has 0 fully saturated rings. The molecule has 0 bridgehead atoms. The lowest BCUT2D eigenvalue weighted by Crippen LogP contribution is -2.60. The molecule has 2 aromatic rings. The standard InChI is InChI=1S/C19H18BrN3O2/c1-11(2)10-23-16-8-7-12(20)9-14(16)19(18(23)25)21-15-6-4-3-5-13(15)17(24)22-19/h3-9,11,21H,10H2,1-2H3,(H,22,24)/t19-/m0/s1. The maximum atomic E-state index is 13.4. The third-order valence-electron chi connectivity index (χ3n) is 4.56. The molecule has 2 amide bonds. The van der Waals surface area contributed by atoms with Crippen LogP contribution in [0.25, 0.3) is 0 Å². The lowest BCUT2D eigenvalue weighted by Gasteiger charge is -2.36. The molecule has 2 heterocycles. The van der Waals surface area contributed by atoms with Crippen molar-refractivity contribution in [2.24, 2.45) is 5.92 Å². The van der Waals surface area contributed by atoms with Crippen molar-refractivity contribution in [3.63, 3.8) is 0 Å². The van der Waals surface area contributed by atoms with Gasteiger partial charge in [0.05, 0.1) is 11.3 Å². The number of carbonyl (C=O) groups excluding carboxylic acids is 2. The number of rotatable bonds is 2. The Morgan fingerprint density at radius 3 is 2.64 bits per heavy atom. The van der Waals surface area contributed by atoms with E-state index in [4.69, 9.17) is 0 Å². The minimum atomic E-state index is -1.26. The van der Waals surface area contributed by atoms with Crippen molar-refractivity contribution in [3.05, 3.63) is 58.1 Å². The number of carbonyl (C=O) groups is 2. The molecule has 0 radical (unpaired) electrons. The first-order valence-corrected chi connectivity index (χ1v) is 9.03. The molecule has 0 saturated carbocycles. The van der Waals surface area contributed by atoms with Gasteiger partial charge in [-0.25, -0.2) is 0 Å². The maximum Gasteiger partial charge on any atom is 0.278 e. The zero-order valence-electron chi connectivity index (χ0n) is 14.0. The van der Waals surface area contributed by atoms with Gasteiger partial charge in [0.1, 0.15) is 0 Å². The molecule has 2 aromatic carbocycles. The third-order valence-corrected chi connectivity index (χ3v) is 5.06. The Balaban J connectivity index is 1.89. The van der Waals surface area contributed by atoms with Crippen LogP contribution in [0.2, 0.25) is 0 Å². The third kappa shape index (κ3) is 2.35. The van der Waals surface area contributed by atoms with Crippen molar-refractivity contribution >= 4 is 39.1 Å². The first kappa shape index (κ1) is 16.1. The summed E-state index contributed by atoms with van der Waals surface area (Å²) in [6, 6.07) is 13.0. The molecule has 0 saturated heterocycles. The molecule has 2 aliphatic rings. The van der Waals surface area contributed by atoms with Crippen molar-refractivity contribution in [1.29, 1.82) is 0 Å². The number of nitrogens with one attached hydrogen (secondary N) is 2. The summed E-state index contributed by atoms with van der Waals surface area (Å²) in [5.74, 6) is -0.0978. The molecule has 25 heavy (non-hydrogen) atoms. The molecular weight excluding hydrogens is 382 g/mol. The highest BCUT2D eigenvalue weighted by Crippen LogP contribution is 2.44. The van der Waals surface area contributed by atoms with E-state index in [1.807, 2.05) is 36.4 Å². The highest BCUT2D eigenvalue weighted by atomic mass is 79.9. The van der Waals surface area contributed by atoms with E-state index in [1.54, 1.807) is 11.0 Å². The monoisotopic (exact) mass is 399 g/mol. The first-order valence-electron chi connectivity index (χ1n) is 8.24. The van der Waals surface area contributed by atoms with Crippen LogP contribution >= 0.6 is 15.9 Å². The zero-order chi connectivity index (χ0) is 17.8. The molecule has 0 aliphatic carbocycles. The van der Waals surface area contributed by atoms with Crippen LogP contribution in [0.4, 0.5) is 11.4 Å².